The Morgan fingerprint density at radius 3 is 2.24 bits per heavy atom. The molecule has 0 fully saturated rings. The summed E-state index contributed by atoms with van der Waals surface area (Å²) in [4.78, 5) is 0.298. The summed E-state index contributed by atoms with van der Waals surface area (Å²) in [5.41, 5.74) is 3.54. The van der Waals surface area contributed by atoms with Crippen LogP contribution in [0.4, 0.5) is 0 Å². The Kier molecular flexibility index (Phi) is 4.18. The zero-order valence-electron chi connectivity index (χ0n) is 14.2. The number of aryl methyl sites for hydroxylation is 2. The molecule has 0 aliphatic heterocycles. The van der Waals surface area contributed by atoms with E-state index in [0.717, 1.165) is 36.0 Å². The molecule has 0 heterocycles. The fourth-order valence-corrected chi connectivity index (χ4v) is 5.16. The second kappa shape index (κ2) is 6.24. The van der Waals surface area contributed by atoms with Crippen LogP contribution in [0.5, 0.6) is 0 Å². The van der Waals surface area contributed by atoms with Crippen LogP contribution in [-0.2, 0) is 35.7 Å². The molecule has 0 amide bonds. The maximum absolute atomic E-state index is 12.7. The highest BCUT2D eigenvalue weighted by atomic mass is 32.2. The molecule has 0 saturated carbocycles. The van der Waals surface area contributed by atoms with Crippen LogP contribution >= 0.6 is 0 Å². The Balaban J connectivity index is 1.49. The minimum absolute atomic E-state index is 0.0289. The van der Waals surface area contributed by atoms with Gasteiger partial charge in [-0.1, -0.05) is 30.3 Å². The first-order valence-corrected chi connectivity index (χ1v) is 10.3. The molecule has 0 radical (unpaired) electrons. The lowest BCUT2D eigenvalue weighted by atomic mass is 9.92. The highest BCUT2D eigenvalue weighted by Crippen LogP contribution is 2.30. The van der Waals surface area contributed by atoms with Gasteiger partial charge in [0.25, 0.3) is 0 Å². The molecule has 0 atom stereocenters. The number of aliphatic hydroxyl groups is 1. The van der Waals surface area contributed by atoms with Crippen molar-refractivity contribution in [1.82, 2.24) is 4.72 Å². The highest BCUT2D eigenvalue weighted by Gasteiger charge is 2.36. The number of hydrogen-bond donors (Lipinski definition) is 2. The van der Waals surface area contributed by atoms with Gasteiger partial charge in [0, 0.05) is 19.4 Å². The van der Waals surface area contributed by atoms with Crippen LogP contribution in [0.2, 0.25) is 0 Å². The van der Waals surface area contributed by atoms with E-state index < -0.39 is 15.6 Å². The van der Waals surface area contributed by atoms with Gasteiger partial charge in [-0.3, -0.25) is 0 Å². The maximum atomic E-state index is 12.7. The molecular formula is C20H23NO3S. The Bertz CT molecular complexity index is 880. The molecule has 2 aliphatic carbocycles. The summed E-state index contributed by atoms with van der Waals surface area (Å²) in [6, 6.07) is 13.3. The number of fused-ring (bicyclic) bond motifs is 2. The van der Waals surface area contributed by atoms with Crippen molar-refractivity contribution < 1.29 is 13.5 Å². The van der Waals surface area contributed by atoms with Gasteiger partial charge in [0.05, 0.1) is 10.5 Å². The largest absolute Gasteiger partial charge is 0.388 e. The molecule has 2 aromatic carbocycles. The summed E-state index contributed by atoms with van der Waals surface area (Å²) >= 11 is 0. The average Bonchev–Trinajstić information content (AvgIpc) is 2.96. The summed E-state index contributed by atoms with van der Waals surface area (Å²) in [6.07, 6.45) is 5.22. The van der Waals surface area contributed by atoms with Crippen molar-refractivity contribution in [2.24, 2.45) is 0 Å². The Labute approximate surface area is 149 Å². The van der Waals surface area contributed by atoms with Crippen molar-refractivity contribution in [2.45, 2.75) is 49.0 Å². The predicted molar refractivity (Wildman–Crippen MR) is 97.1 cm³/mol. The maximum Gasteiger partial charge on any atom is 0.240 e. The van der Waals surface area contributed by atoms with Crippen LogP contribution in [0.3, 0.4) is 0 Å². The molecule has 0 unspecified atom stereocenters. The van der Waals surface area contributed by atoms with E-state index in [-0.39, 0.29) is 6.54 Å². The first-order valence-electron chi connectivity index (χ1n) is 8.86. The molecule has 132 valence electrons. The lowest BCUT2D eigenvalue weighted by Gasteiger charge is -2.23. The van der Waals surface area contributed by atoms with Crippen LogP contribution in [0.1, 0.15) is 35.1 Å². The number of hydrogen-bond acceptors (Lipinski definition) is 3. The van der Waals surface area contributed by atoms with Gasteiger partial charge in [-0.15, -0.1) is 0 Å². The van der Waals surface area contributed by atoms with Gasteiger partial charge in [-0.25, -0.2) is 13.1 Å². The third-order valence-corrected chi connectivity index (χ3v) is 6.78. The monoisotopic (exact) mass is 357 g/mol. The Hall–Kier alpha value is -1.69. The van der Waals surface area contributed by atoms with Gasteiger partial charge in [0.1, 0.15) is 0 Å². The third kappa shape index (κ3) is 3.36. The van der Waals surface area contributed by atoms with Crippen molar-refractivity contribution in [3.63, 3.8) is 0 Å². The molecule has 2 aromatic rings. The van der Waals surface area contributed by atoms with Crippen molar-refractivity contribution in [1.29, 1.82) is 0 Å². The fourth-order valence-electron chi connectivity index (χ4n) is 3.99. The predicted octanol–water partition coefficient (Wildman–Crippen LogP) is 2.37. The molecule has 2 aliphatic rings. The molecule has 4 rings (SSSR count). The molecule has 4 nitrogen and oxygen atoms in total. The first kappa shape index (κ1) is 16.8. The minimum Gasteiger partial charge on any atom is -0.388 e. The van der Waals surface area contributed by atoms with Gasteiger partial charge in [-0.05, 0) is 60.1 Å². The summed E-state index contributed by atoms with van der Waals surface area (Å²) < 4.78 is 28.0. The Morgan fingerprint density at radius 2 is 1.56 bits per heavy atom. The first-order chi connectivity index (χ1) is 12.0. The van der Waals surface area contributed by atoms with Crippen molar-refractivity contribution in [3.05, 3.63) is 64.7 Å². The number of nitrogens with one attached hydrogen (secondary N) is 1. The second-order valence-electron chi connectivity index (χ2n) is 7.31. The number of rotatable bonds is 4. The molecule has 0 bridgehead atoms. The minimum atomic E-state index is -3.62. The van der Waals surface area contributed by atoms with E-state index >= 15 is 0 Å². The molecule has 0 spiro atoms. The topological polar surface area (TPSA) is 66.4 Å². The van der Waals surface area contributed by atoms with Crippen LogP contribution in [0.15, 0.2) is 47.4 Å². The van der Waals surface area contributed by atoms with Crippen molar-refractivity contribution in [3.8, 4) is 0 Å². The van der Waals surface area contributed by atoms with Crippen LogP contribution < -0.4 is 4.72 Å². The average molecular weight is 357 g/mol. The zero-order valence-corrected chi connectivity index (χ0v) is 15.0. The quantitative estimate of drug-likeness (QED) is 0.883. The van der Waals surface area contributed by atoms with E-state index in [2.05, 4.69) is 4.72 Å². The van der Waals surface area contributed by atoms with E-state index in [4.69, 9.17) is 0 Å². The zero-order chi connectivity index (χ0) is 17.5. The smallest absolute Gasteiger partial charge is 0.240 e. The number of benzene rings is 2. The second-order valence-corrected chi connectivity index (χ2v) is 9.08. The van der Waals surface area contributed by atoms with Crippen LogP contribution in [-0.4, -0.2) is 25.7 Å². The van der Waals surface area contributed by atoms with Crippen molar-refractivity contribution in [2.75, 3.05) is 6.54 Å². The van der Waals surface area contributed by atoms with Crippen molar-refractivity contribution >= 4 is 10.0 Å². The summed E-state index contributed by atoms with van der Waals surface area (Å²) in [7, 11) is -3.62. The van der Waals surface area contributed by atoms with Gasteiger partial charge >= 0.3 is 0 Å². The molecule has 0 aromatic heterocycles. The standard InChI is InChI=1S/C20H23NO3S/c22-20(12-17-7-3-4-8-18(17)13-20)14-21-25(23,24)19-10-9-15-5-1-2-6-16(15)11-19/h3-4,7-11,21-22H,1-2,5-6,12-14H2. The lowest BCUT2D eigenvalue weighted by Crippen LogP contribution is -2.43. The SMILES string of the molecule is O=S(=O)(NCC1(O)Cc2ccccc2C1)c1ccc2c(c1)CCCC2. The summed E-state index contributed by atoms with van der Waals surface area (Å²) in [6.45, 7) is 0.0289. The number of sulfonamides is 1. The fraction of sp³-hybridized carbons (Fsp3) is 0.400. The van der Waals surface area contributed by atoms with E-state index in [0.29, 0.717) is 17.7 Å². The third-order valence-electron chi connectivity index (χ3n) is 5.38. The molecule has 25 heavy (non-hydrogen) atoms. The molecule has 2 N–H and O–H groups in total. The molecular weight excluding hydrogens is 334 g/mol. The van der Waals surface area contributed by atoms with Gasteiger partial charge in [-0.2, -0.15) is 0 Å². The normalized spacial score (nSPS) is 18.6. The summed E-state index contributed by atoms with van der Waals surface area (Å²) in [5.74, 6) is 0. The van der Waals surface area contributed by atoms with Gasteiger partial charge in [0.2, 0.25) is 10.0 Å². The molecule has 0 saturated heterocycles. The van der Waals surface area contributed by atoms with Gasteiger partial charge < -0.3 is 5.11 Å². The summed E-state index contributed by atoms with van der Waals surface area (Å²) in [5, 5.41) is 10.8. The van der Waals surface area contributed by atoms with E-state index in [1.54, 1.807) is 12.1 Å². The van der Waals surface area contributed by atoms with E-state index in [1.807, 2.05) is 30.3 Å². The van der Waals surface area contributed by atoms with Crippen LogP contribution in [0.25, 0.3) is 0 Å². The van der Waals surface area contributed by atoms with Crippen LogP contribution in [0, 0.1) is 0 Å². The van der Waals surface area contributed by atoms with E-state index in [9.17, 15) is 13.5 Å². The molecule has 5 heteroatoms. The van der Waals surface area contributed by atoms with Gasteiger partial charge in [0.15, 0.2) is 0 Å². The van der Waals surface area contributed by atoms with E-state index in [1.165, 1.54) is 12.0 Å². The Morgan fingerprint density at radius 1 is 0.920 bits per heavy atom. The highest BCUT2D eigenvalue weighted by molar-refractivity contribution is 7.89. The lowest BCUT2D eigenvalue weighted by molar-refractivity contribution is 0.0567.